The zero-order valence-electron chi connectivity index (χ0n) is 10.1. The largest absolute Gasteiger partial charge is 0.370 e. The summed E-state index contributed by atoms with van der Waals surface area (Å²) in [6, 6.07) is 0.172. The Balaban J connectivity index is 2.64. The van der Waals surface area contributed by atoms with Gasteiger partial charge in [0.05, 0.1) is 12.6 Å². The first kappa shape index (κ1) is 12.8. The SMILES string of the molecule is CC(C)C(=O)N1CCCCC1CN=C(N)N. The molecule has 0 saturated carbocycles. The van der Waals surface area contributed by atoms with Crippen molar-refractivity contribution in [3.63, 3.8) is 0 Å². The van der Waals surface area contributed by atoms with Gasteiger partial charge in [-0.05, 0) is 19.3 Å². The van der Waals surface area contributed by atoms with E-state index in [1.54, 1.807) is 0 Å². The summed E-state index contributed by atoms with van der Waals surface area (Å²) in [5.74, 6) is 0.345. The summed E-state index contributed by atoms with van der Waals surface area (Å²) >= 11 is 0. The molecule has 0 aromatic heterocycles. The van der Waals surface area contributed by atoms with Gasteiger partial charge in [-0.15, -0.1) is 0 Å². The Labute approximate surface area is 96.9 Å². The van der Waals surface area contributed by atoms with Gasteiger partial charge in [-0.25, -0.2) is 0 Å². The summed E-state index contributed by atoms with van der Waals surface area (Å²) in [4.78, 5) is 17.9. The molecule has 1 rings (SSSR count). The molecule has 1 aliphatic heterocycles. The van der Waals surface area contributed by atoms with Crippen molar-refractivity contribution in [1.29, 1.82) is 0 Å². The third-order valence-corrected chi connectivity index (χ3v) is 2.89. The molecule has 16 heavy (non-hydrogen) atoms. The summed E-state index contributed by atoms with van der Waals surface area (Å²) < 4.78 is 0. The Bertz CT molecular complexity index is 271. The van der Waals surface area contributed by atoms with Crippen molar-refractivity contribution in [3.8, 4) is 0 Å². The van der Waals surface area contributed by atoms with E-state index < -0.39 is 0 Å². The number of hydrogen-bond donors (Lipinski definition) is 2. The molecule has 0 bridgehead atoms. The number of likely N-dealkylation sites (tertiary alicyclic amines) is 1. The lowest BCUT2D eigenvalue weighted by molar-refractivity contribution is -0.137. The highest BCUT2D eigenvalue weighted by Crippen LogP contribution is 2.19. The minimum absolute atomic E-state index is 0.0415. The van der Waals surface area contributed by atoms with Crippen LogP contribution in [-0.2, 0) is 4.79 Å². The maximum Gasteiger partial charge on any atom is 0.225 e. The third kappa shape index (κ3) is 3.40. The average molecular weight is 226 g/mol. The van der Waals surface area contributed by atoms with Gasteiger partial charge in [0.1, 0.15) is 0 Å². The lowest BCUT2D eigenvalue weighted by Crippen LogP contribution is -2.47. The Kier molecular flexibility index (Phi) is 4.58. The Hall–Kier alpha value is -1.26. The van der Waals surface area contributed by atoms with E-state index in [9.17, 15) is 4.79 Å². The summed E-state index contributed by atoms with van der Waals surface area (Å²) in [6.45, 7) is 5.21. The molecular weight excluding hydrogens is 204 g/mol. The van der Waals surface area contributed by atoms with Crippen LogP contribution in [0.2, 0.25) is 0 Å². The molecule has 5 nitrogen and oxygen atoms in total. The minimum Gasteiger partial charge on any atom is -0.370 e. The van der Waals surface area contributed by atoms with Crippen LogP contribution < -0.4 is 11.5 Å². The summed E-state index contributed by atoms with van der Waals surface area (Å²) in [7, 11) is 0. The molecular formula is C11H22N4O. The predicted molar refractivity (Wildman–Crippen MR) is 64.9 cm³/mol. The van der Waals surface area contributed by atoms with Gasteiger partial charge in [-0.1, -0.05) is 13.8 Å². The number of piperidine rings is 1. The number of hydrogen-bond acceptors (Lipinski definition) is 2. The number of carbonyl (C=O) groups is 1. The maximum absolute atomic E-state index is 12.0. The smallest absolute Gasteiger partial charge is 0.225 e. The van der Waals surface area contributed by atoms with Crippen LogP contribution in [0.25, 0.3) is 0 Å². The van der Waals surface area contributed by atoms with Gasteiger partial charge >= 0.3 is 0 Å². The molecule has 1 amide bonds. The predicted octanol–water partition coefficient (Wildman–Crippen LogP) is 0.297. The lowest BCUT2D eigenvalue weighted by atomic mass is 10.00. The quantitative estimate of drug-likeness (QED) is 0.536. The molecule has 0 spiro atoms. The van der Waals surface area contributed by atoms with Gasteiger partial charge in [0.2, 0.25) is 5.91 Å². The molecule has 0 aliphatic carbocycles. The molecule has 4 N–H and O–H groups in total. The zero-order valence-corrected chi connectivity index (χ0v) is 10.1. The first-order chi connectivity index (χ1) is 7.52. The van der Waals surface area contributed by atoms with Crippen LogP contribution in [0.1, 0.15) is 33.1 Å². The number of nitrogens with two attached hydrogens (primary N) is 2. The number of rotatable bonds is 3. The highest BCUT2D eigenvalue weighted by Gasteiger charge is 2.27. The third-order valence-electron chi connectivity index (χ3n) is 2.89. The Morgan fingerprint density at radius 2 is 2.12 bits per heavy atom. The number of nitrogens with zero attached hydrogens (tertiary/aromatic N) is 2. The van der Waals surface area contributed by atoms with Crippen molar-refractivity contribution in [2.45, 2.75) is 39.2 Å². The van der Waals surface area contributed by atoms with Crippen molar-refractivity contribution < 1.29 is 4.79 Å². The second-order valence-corrected chi connectivity index (χ2v) is 4.60. The van der Waals surface area contributed by atoms with E-state index in [1.807, 2.05) is 18.7 Å². The minimum atomic E-state index is 0.0415. The van der Waals surface area contributed by atoms with E-state index >= 15 is 0 Å². The van der Waals surface area contributed by atoms with E-state index in [0.717, 1.165) is 25.8 Å². The molecule has 5 heteroatoms. The van der Waals surface area contributed by atoms with Crippen LogP contribution in [0.15, 0.2) is 4.99 Å². The van der Waals surface area contributed by atoms with E-state index in [0.29, 0.717) is 6.54 Å². The van der Waals surface area contributed by atoms with Gasteiger partial charge in [-0.3, -0.25) is 9.79 Å². The van der Waals surface area contributed by atoms with Gasteiger partial charge in [0.15, 0.2) is 5.96 Å². The van der Waals surface area contributed by atoms with Crippen LogP contribution >= 0.6 is 0 Å². The van der Waals surface area contributed by atoms with Gasteiger partial charge < -0.3 is 16.4 Å². The van der Waals surface area contributed by atoms with E-state index in [2.05, 4.69) is 4.99 Å². The Morgan fingerprint density at radius 1 is 1.44 bits per heavy atom. The van der Waals surface area contributed by atoms with Crippen LogP contribution in [0, 0.1) is 5.92 Å². The molecule has 92 valence electrons. The van der Waals surface area contributed by atoms with Crippen LogP contribution in [0.5, 0.6) is 0 Å². The van der Waals surface area contributed by atoms with Crippen LogP contribution in [0.4, 0.5) is 0 Å². The van der Waals surface area contributed by atoms with Crippen molar-refractivity contribution in [1.82, 2.24) is 4.90 Å². The second kappa shape index (κ2) is 5.72. The van der Waals surface area contributed by atoms with Crippen molar-refractivity contribution >= 4 is 11.9 Å². The zero-order chi connectivity index (χ0) is 12.1. The van der Waals surface area contributed by atoms with Crippen molar-refractivity contribution in [2.75, 3.05) is 13.1 Å². The number of amides is 1. The molecule has 0 aromatic carbocycles. The van der Waals surface area contributed by atoms with Crippen molar-refractivity contribution in [2.24, 2.45) is 22.4 Å². The number of carbonyl (C=O) groups excluding carboxylic acids is 1. The van der Waals surface area contributed by atoms with Gasteiger partial charge in [-0.2, -0.15) is 0 Å². The van der Waals surface area contributed by atoms with Crippen LogP contribution in [0.3, 0.4) is 0 Å². The highest BCUT2D eigenvalue weighted by molar-refractivity contribution is 5.79. The lowest BCUT2D eigenvalue weighted by Gasteiger charge is -2.36. The van der Waals surface area contributed by atoms with Gasteiger partial charge in [0.25, 0.3) is 0 Å². The molecule has 1 fully saturated rings. The van der Waals surface area contributed by atoms with E-state index in [1.165, 1.54) is 0 Å². The first-order valence-corrected chi connectivity index (χ1v) is 5.88. The maximum atomic E-state index is 12.0. The summed E-state index contributed by atoms with van der Waals surface area (Å²) in [5, 5.41) is 0. The van der Waals surface area contributed by atoms with E-state index in [-0.39, 0.29) is 23.8 Å². The topological polar surface area (TPSA) is 84.7 Å². The van der Waals surface area contributed by atoms with Crippen molar-refractivity contribution in [3.05, 3.63) is 0 Å². The standard InChI is InChI=1S/C11H22N4O/c1-8(2)10(16)15-6-4-3-5-9(15)7-14-11(12)13/h8-9H,3-7H2,1-2H3,(H4,12,13,14). The average Bonchev–Trinajstić information content (AvgIpc) is 2.25. The molecule has 1 heterocycles. The fraction of sp³-hybridized carbons (Fsp3) is 0.818. The molecule has 1 saturated heterocycles. The fourth-order valence-corrected chi connectivity index (χ4v) is 2.02. The summed E-state index contributed by atoms with van der Waals surface area (Å²) in [5.41, 5.74) is 10.6. The normalized spacial score (nSPS) is 20.9. The number of guanidine groups is 1. The van der Waals surface area contributed by atoms with E-state index in [4.69, 9.17) is 11.5 Å². The second-order valence-electron chi connectivity index (χ2n) is 4.60. The molecule has 1 atom stereocenters. The monoisotopic (exact) mass is 226 g/mol. The first-order valence-electron chi connectivity index (χ1n) is 5.88. The number of aliphatic imine (C=N–C) groups is 1. The fourth-order valence-electron chi connectivity index (χ4n) is 2.02. The Morgan fingerprint density at radius 3 is 2.69 bits per heavy atom. The van der Waals surface area contributed by atoms with Gasteiger partial charge in [0, 0.05) is 12.5 Å². The molecule has 1 unspecified atom stereocenters. The molecule has 0 radical (unpaired) electrons. The highest BCUT2D eigenvalue weighted by atomic mass is 16.2. The molecule has 0 aromatic rings. The molecule has 1 aliphatic rings. The van der Waals surface area contributed by atoms with Crippen LogP contribution in [-0.4, -0.2) is 35.9 Å². The summed E-state index contributed by atoms with van der Waals surface area (Å²) in [6.07, 6.45) is 3.22.